The summed E-state index contributed by atoms with van der Waals surface area (Å²) < 4.78 is 4.42. The zero-order valence-corrected chi connectivity index (χ0v) is 8.35. The van der Waals surface area contributed by atoms with Gasteiger partial charge in [0.25, 0.3) is 0 Å². The SMILES string of the molecule is COC(=O)C#Sc1ccc(C)cc1. The summed E-state index contributed by atoms with van der Waals surface area (Å²) in [6.07, 6.45) is 0. The molecule has 0 aliphatic heterocycles. The number of carbonyl (C=O) groups is 1. The molecule has 0 radical (unpaired) electrons. The topological polar surface area (TPSA) is 26.3 Å². The Morgan fingerprint density at radius 2 is 2.00 bits per heavy atom. The molecule has 0 bridgehead atoms. The Morgan fingerprint density at radius 1 is 1.38 bits per heavy atom. The second-order valence-electron chi connectivity index (χ2n) is 2.51. The van der Waals surface area contributed by atoms with Gasteiger partial charge < -0.3 is 4.74 Å². The first-order valence-electron chi connectivity index (χ1n) is 3.80. The van der Waals surface area contributed by atoms with Crippen molar-refractivity contribution in [2.75, 3.05) is 7.11 Å². The van der Waals surface area contributed by atoms with Crippen molar-refractivity contribution in [1.82, 2.24) is 0 Å². The van der Waals surface area contributed by atoms with Crippen LogP contribution in [0.15, 0.2) is 29.2 Å². The van der Waals surface area contributed by atoms with E-state index < -0.39 is 5.97 Å². The minimum Gasteiger partial charge on any atom is -0.459 e. The normalized spacial score (nSPS) is 8.77. The van der Waals surface area contributed by atoms with Gasteiger partial charge in [0.05, 0.1) is 7.11 Å². The number of rotatable bonds is 0. The molecule has 1 aromatic carbocycles. The number of hydrogen-bond acceptors (Lipinski definition) is 2. The van der Waals surface area contributed by atoms with E-state index in [9.17, 15) is 4.79 Å². The highest BCUT2D eigenvalue weighted by Crippen LogP contribution is 2.09. The van der Waals surface area contributed by atoms with Crippen molar-refractivity contribution in [3.05, 3.63) is 29.8 Å². The Balaban J connectivity index is 2.78. The molecule has 1 rings (SSSR count). The Bertz CT molecular complexity index is 357. The molecule has 0 heterocycles. The van der Waals surface area contributed by atoms with E-state index in [0.29, 0.717) is 0 Å². The van der Waals surface area contributed by atoms with E-state index in [1.54, 1.807) is 0 Å². The van der Waals surface area contributed by atoms with E-state index in [4.69, 9.17) is 0 Å². The van der Waals surface area contributed by atoms with Crippen LogP contribution in [0.2, 0.25) is 0 Å². The number of carbonyl (C=O) groups excluding carboxylic acids is 1. The summed E-state index contributed by atoms with van der Waals surface area (Å²) >= 11 is 1.24. The highest BCUT2D eigenvalue weighted by atomic mass is 32.1. The van der Waals surface area contributed by atoms with Gasteiger partial charge in [-0.25, -0.2) is 4.79 Å². The van der Waals surface area contributed by atoms with Crippen molar-refractivity contribution >= 4 is 17.1 Å². The molecule has 0 aliphatic rings. The third-order valence-electron chi connectivity index (χ3n) is 1.46. The first kappa shape index (κ1) is 9.78. The molecule has 0 aliphatic carbocycles. The van der Waals surface area contributed by atoms with Crippen molar-refractivity contribution in [3.8, 4) is 5.18 Å². The van der Waals surface area contributed by atoms with Crippen LogP contribution in [0.1, 0.15) is 5.56 Å². The highest BCUT2D eigenvalue weighted by Gasteiger charge is 1.90. The number of hydrogen-bond donors (Lipinski definition) is 0. The lowest BCUT2D eigenvalue weighted by molar-refractivity contribution is -0.133. The molecule has 0 saturated carbocycles. The summed E-state index contributed by atoms with van der Waals surface area (Å²) in [6.45, 7) is 2.02. The molecule has 3 heteroatoms. The van der Waals surface area contributed by atoms with E-state index >= 15 is 0 Å². The van der Waals surface area contributed by atoms with E-state index in [1.807, 2.05) is 31.2 Å². The maximum atomic E-state index is 10.7. The van der Waals surface area contributed by atoms with E-state index in [1.165, 1.54) is 23.8 Å². The van der Waals surface area contributed by atoms with Crippen molar-refractivity contribution in [2.45, 2.75) is 11.8 Å². The van der Waals surface area contributed by atoms with Crippen molar-refractivity contribution in [1.29, 1.82) is 0 Å². The molecule has 2 nitrogen and oxygen atoms in total. The quantitative estimate of drug-likeness (QED) is 0.592. The van der Waals surface area contributed by atoms with Gasteiger partial charge >= 0.3 is 5.97 Å². The minimum atomic E-state index is -0.439. The van der Waals surface area contributed by atoms with E-state index in [2.05, 4.69) is 9.92 Å². The number of benzene rings is 1. The maximum Gasteiger partial charge on any atom is 0.386 e. The molecule has 13 heavy (non-hydrogen) atoms. The first-order chi connectivity index (χ1) is 6.22. The molecule has 0 N–H and O–H groups in total. The van der Waals surface area contributed by atoms with Crippen LogP contribution < -0.4 is 0 Å². The van der Waals surface area contributed by atoms with Crippen LogP contribution in [-0.4, -0.2) is 13.1 Å². The van der Waals surface area contributed by atoms with Crippen LogP contribution in [0, 0.1) is 12.1 Å². The summed E-state index contributed by atoms with van der Waals surface area (Å²) in [5, 5.41) is 2.52. The van der Waals surface area contributed by atoms with Gasteiger partial charge in [0.2, 0.25) is 0 Å². The zero-order valence-electron chi connectivity index (χ0n) is 7.53. The van der Waals surface area contributed by atoms with Crippen LogP contribution in [0.4, 0.5) is 0 Å². The number of aryl methyl sites for hydroxylation is 1. The fourth-order valence-electron chi connectivity index (χ4n) is 0.749. The Morgan fingerprint density at radius 3 is 2.54 bits per heavy atom. The van der Waals surface area contributed by atoms with Gasteiger partial charge in [-0.1, -0.05) is 28.9 Å². The second-order valence-corrected chi connectivity index (χ2v) is 3.39. The van der Waals surface area contributed by atoms with Crippen LogP contribution in [0.3, 0.4) is 0 Å². The first-order valence-corrected chi connectivity index (χ1v) is 4.61. The lowest BCUT2D eigenvalue weighted by atomic mass is 10.2. The molecular formula is C10H10O2S. The van der Waals surface area contributed by atoms with Gasteiger partial charge in [0, 0.05) is 10.1 Å². The Labute approximate surface area is 81.1 Å². The number of ether oxygens (including phenoxy) is 1. The lowest BCUT2D eigenvalue weighted by Crippen LogP contribution is -1.92. The summed E-state index contributed by atoms with van der Waals surface area (Å²) in [4.78, 5) is 11.7. The molecule has 0 spiro atoms. The average Bonchev–Trinajstić information content (AvgIpc) is 2.16. The van der Waals surface area contributed by atoms with E-state index in [0.717, 1.165) is 4.90 Å². The molecule has 0 fully saturated rings. The van der Waals surface area contributed by atoms with Crippen molar-refractivity contribution in [3.63, 3.8) is 0 Å². The molecule has 0 atom stereocenters. The predicted molar refractivity (Wildman–Crippen MR) is 52.9 cm³/mol. The highest BCUT2D eigenvalue weighted by molar-refractivity contribution is 7.89. The summed E-state index contributed by atoms with van der Waals surface area (Å²) in [5.74, 6) is -0.439. The second kappa shape index (κ2) is 4.65. The zero-order chi connectivity index (χ0) is 9.68. The van der Waals surface area contributed by atoms with Gasteiger partial charge in [-0.3, -0.25) is 0 Å². The van der Waals surface area contributed by atoms with Gasteiger partial charge in [-0.05, 0) is 19.1 Å². The Hall–Kier alpha value is -1.31. The number of esters is 1. The summed E-state index contributed by atoms with van der Waals surface area (Å²) in [5.41, 5.74) is 1.20. The standard InChI is InChI=1S/C10H10O2S/c1-8-3-5-9(6-4-8)13-7-10(11)12-2/h3-6H,1-2H3. The average molecular weight is 194 g/mol. The van der Waals surface area contributed by atoms with Crippen LogP contribution in [-0.2, 0) is 9.53 Å². The molecule has 0 saturated heterocycles. The lowest BCUT2D eigenvalue weighted by Gasteiger charge is -1.91. The molecule has 1 aromatic rings. The van der Waals surface area contributed by atoms with E-state index in [-0.39, 0.29) is 0 Å². The predicted octanol–water partition coefficient (Wildman–Crippen LogP) is 2.22. The van der Waals surface area contributed by atoms with Crippen LogP contribution in [0.5, 0.6) is 0 Å². The van der Waals surface area contributed by atoms with Gasteiger partial charge in [-0.15, -0.1) is 0 Å². The molecular weight excluding hydrogens is 184 g/mol. The van der Waals surface area contributed by atoms with Gasteiger partial charge in [-0.2, -0.15) is 0 Å². The summed E-state index contributed by atoms with van der Waals surface area (Å²) in [7, 11) is 1.34. The number of methoxy groups -OCH3 is 1. The molecule has 0 unspecified atom stereocenters. The van der Waals surface area contributed by atoms with Gasteiger partial charge in [0.15, 0.2) is 0 Å². The fourth-order valence-corrected chi connectivity index (χ4v) is 1.31. The minimum absolute atomic E-state index is 0.439. The smallest absolute Gasteiger partial charge is 0.386 e. The molecule has 68 valence electrons. The molecule has 0 amide bonds. The third-order valence-corrected chi connectivity index (χ3v) is 2.24. The molecule has 0 aromatic heterocycles. The van der Waals surface area contributed by atoms with Gasteiger partial charge in [0.1, 0.15) is 0 Å². The summed E-state index contributed by atoms with van der Waals surface area (Å²) in [6, 6.07) is 7.86. The van der Waals surface area contributed by atoms with Crippen LogP contribution >= 0.6 is 11.2 Å². The maximum absolute atomic E-state index is 10.7. The Kier molecular flexibility index (Phi) is 3.50. The largest absolute Gasteiger partial charge is 0.459 e. The van der Waals surface area contributed by atoms with Crippen molar-refractivity contribution in [2.24, 2.45) is 0 Å². The monoisotopic (exact) mass is 194 g/mol. The van der Waals surface area contributed by atoms with Crippen molar-refractivity contribution < 1.29 is 9.53 Å². The third kappa shape index (κ3) is 3.28. The van der Waals surface area contributed by atoms with Crippen LogP contribution in [0.25, 0.3) is 0 Å². The fraction of sp³-hybridized carbons (Fsp3) is 0.200.